The number of phenols is 1. The molecule has 1 heterocycles. The van der Waals surface area contributed by atoms with Gasteiger partial charge < -0.3 is 10.0 Å². The summed E-state index contributed by atoms with van der Waals surface area (Å²) in [6.07, 6.45) is 1.94. The molecule has 2 aromatic carbocycles. The summed E-state index contributed by atoms with van der Waals surface area (Å²) in [6, 6.07) is 10.1. The summed E-state index contributed by atoms with van der Waals surface area (Å²) in [5.41, 5.74) is 4.73. The number of benzene rings is 2. The summed E-state index contributed by atoms with van der Waals surface area (Å²) in [5.74, 6) is -1.63. The summed E-state index contributed by atoms with van der Waals surface area (Å²) in [7, 11) is 0. The van der Waals surface area contributed by atoms with E-state index >= 15 is 0 Å². The first-order chi connectivity index (χ1) is 13.0. The zero-order chi connectivity index (χ0) is 19.4. The van der Waals surface area contributed by atoms with Crippen LogP contribution in [0.1, 0.15) is 33.6 Å². The van der Waals surface area contributed by atoms with Crippen molar-refractivity contribution in [3.05, 3.63) is 63.7 Å². The molecule has 0 spiro atoms. The number of hydrazine groups is 1. The number of phenolic OH excluding ortho intramolecular Hbond substituents is 1. The molecule has 0 bridgehead atoms. The average Bonchev–Trinajstić information content (AvgIpc) is 3.20. The Morgan fingerprint density at radius 1 is 1.04 bits per heavy atom. The number of anilines is 1. The molecule has 0 aliphatic carbocycles. The Hall–Kier alpha value is -3.62. The summed E-state index contributed by atoms with van der Waals surface area (Å²) in [6.45, 7) is 1.48. The molecule has 0 saturated carbocycles. The molecule has 0 radical (unpaired) electrons. The van der Waals surface area contributed by atoms with Crippen LogP contribution in [0.5, 0.6) is 5.75 Å². The number of nitro groups is 1. The molecular formula is C18H18N4O5. The van der Waals surface area contributed by atoms with Gasteiger partial charge in [0, 0.05) is 24.7 Å². The predicted octanol–water partition coefficient (Wildman–Crippen LogP) is 1.98. The maximum Gasteiger partial charge on any atom is 0.293 e. The van der Waals surface area contributed by atoms with E-state index in [-0.39, 0.29) is 22.6 Å². The van der Waals surface area contributed by atoms with Gasteiger partial charge in [0.25, 0.3) is 17.5 Å². The third kappa shape index (κ3) is 3.97. The number of aromatic hydroxyl groups is 1. The lowest BCUT2D eigenvalue weighted by molar-refractivity contribution is -0.384. The Bertz CT molecular complexity index is 893. The zero-order valence-corrected chi connectivity index (χ0v) is 14.3. The highest BCUT2D eigenvalue weighted by Gasteiger charge is 2.24. The Labute approximate surface area is 154 Å². The summed E-state index contributed by atoms with van der Waals surface area (Å²) in [4.78, 5) is 37.0. The van der Waals surface area contributed by atoms with Gasteiger partial charge in [-0.1, -0.05) is 12.1 Å². The van der Waals surface area contributed by atoms with Gasteiger partial charge in [-0.2, -0.15) is 0 Å². The van der Waals surface area contributed by atoms with Crippen molar-refractivity contribution < 1.29 is 19.6 Å². The van der Waals surface area contributed by atoms with Crippen molar-refractivity contribution in [3.63, 3.8) is 0 Å². The molecule has 1 aliphatic rings. The van der Waals surface area contributed by atoms with Gasteiger partial charge in [0.15, 0.2) is 0 Å². The molecule has 2 amide bonds. The lowest BCUT2D eigenvalue weighted by Gasteiger charge is -2.17. The second-order valence-electron chi connectivity index (χ2n) is 6.08. The van der Waals surface area contributed by atoms with E-state index in [0.29, 0.717) is 5.69 Å². The summed E-state index contributed by atoms with van der Waals surface area (Å²) >= 11 is 0. The van der Waals surface area contributed by atoms with E-state index < -0.39 is 16.7 Å². The van der Waals surface area contributed by atoms with Gasteiger partial charge in [-0.3, -0.25) is 30.6 Å². The molecule has 27 heavy (non-hydrogen) atoms. The number of carbonyl (C=O) groups is 2. The minimum Gasteiger partial charge on any atom is -0.507 e. The van der Waals surface area contributed by atoms with Crippen molar-refractivity contribution in [1.29, 1.82) is 0 Å². The van der Waals surface area contributed by atoms with Gasteiger partial charge in [-0.05, 0) is 37.1 Å². The molecule has 9 nitrogen and oxygen atoms in total. The number of hydrogen-bond donors (Lipinski definition) is 3. The van der Waals surface area contributed by atoms with Crippen molar-refractivity contribution in [2.24, 2.45) is 0 Å². The topological polar surface area (TPSA) is 125 Å². The lowest BCUT2D eigenvalue weighted by atomic mass is 10.1. The van der Waals surface area contributed by atoms with Crippen LogP contribution < -0.4 is 15.8 Å². The van der Waals surface area contributed by atoms with Crippen molar-refractivity contribution in [2.45, 2.75) is 12.8 Å². The van der Waals surface area contributed by atoms with E-state index in [4.69, 9.17) is 0 Å². The van der Waals surface area contributed by atoms with Crippen LogP contribution in [0.25, 0.3) is 0 Å². The Morgan fingerprint density at radius 2 is 1.70 bits per heavy atom. The monoisotopic (exact) mass is 370 g/mol. The van der Waals surface area contributed by atoms with E-state index in [1.54, 1.807) is 18.2 Å². The fraction of sp³-hybridized carbons (Fsp3) is 0.222. The van der Waals surface area contributed by atoms with Crippen molar-refractivity contribution in [3.8, 4) is 5.75 Å². The Kier molecular flexibility index (Phi) is 5.20. The van der Waals surface area contributed by atoms with Gasteiger partial charge in [-0.25, -0.2) is 0 Å². The van der Waals surface area contributed by atoms with Crippen LogP contribution in [0.3, 0.4) is 0 Å². The van der Waals surface area contributed by atoms with E-state index in [9.17, 15) is 24.8 Å². The first kappa shape index (κ1) is 18.2. The van der Waals surface area contributed by atoms with E-state index in [1.807, 2.05) is 4.90 Å². The minimum absolute atomic E-state index is 0.00633. The van der Waals surface area contributed by atoms with Gasteiger partial charge in [0.2, 0.25) is 0 Å². The van der Waals surface area contributed by atoms with Crippen LogP contribution in [0.15, 0.2) is 42.5 Å². The van der Waals surface area contributed by atoms with Gasteiger partial charge in [0.05, 0.1) is 10.5 Å². The first-order valence-corrected chi connectivity index (χ1v) is 8.39. The van der Waals surface area contributed by atoms with Crippen LogP contribution in [-0.4, -0.2) is 34.9 Å². The predicted molar refractivity (Wildman–Crippen MR) is 97.6 cm³/mol. The molecule has 0 aromatic heterocycles. The molecule has 1 aliphatic heterocycles. The fourth-order valence-corrected chi connectivity index (χ4v) is 2.96. The number of nitro benzene ring substituents is 1. The molecule has 0 unspecified atom stereocenters. The van der Waals surface area contributed by atoms with Gasteiger partial charge in [0.1, 0.15) is 11.4 Å². The largest absolute Gasteiger partial charge is 0.507 e. The smallest absolute Gasteiger partial charge is 0.293 e. The Balaban J connectivity index is 1.73. The number of nitrogens with one attached hydrogen (secondary N) is 2. The Morgan fingerprint density at radius 3 is 2.37 bits per heavy atom. The van der Waals surface area contributed by atoms with Crippen LogP contribution in [0.2, 0.25) is 0 Å². The van der Waals surface area contributed by atoms with Crippen LogP contribution >= 0.6 is 0 Å². The number of rotatable bonds is 4. The van der Waals surface area contributed by atoms with Gasteiger partial charge >= 0.3 is 0 Å². The molecule has 3 rings (SSSR count). The van der Waals surface area contributed by atoms with Crippen LogP contribution in [0.4, 0.5) is 11.4 Å². The van der Waals surface area contributed by atoms with Crippen molar-refractivity contribution in [2.75, 3.05) is 18.0 Å². The van der Waals surface area contributed by atoms with Crippen molar-refractivity contribution in [1.82, 2.24) is 10.9 Å². The van der Waals surface area contributed by atoms with Gasteiger partial charge in [-0.15, -0.1) is 0 Å². The molecule has 1 saturated heterocycles. The summed E-state index contributed by atoms with van der Waals surface area (Å²) < 4.78 is 0. The standard InChI is InChI=1S/C18H18N4O5/c23-16-6-2-1-5-13(16)18(25)20-19-17(24)12-7-8-14(15(11-12)22(26)27)21-9-3-4-10-21/h1-2,5-8,11,23H,3-4,9-10H2,(H,19,24)(H,20,25). The highest BCUT2D eigenvalue weighted by atomic mass is 16.6. The normalized spacial score (nSPS) is 13.3. The highest BCUT2D eigenvalue weighted by molar-refractivity contribution is 6.00. The fourth-order valence-electron chi connectivity index (χ4n) is 2.96. The molecule has 1 fully saturated rings. The maximum atomic E-state index is 12.2. The molecule has 0 atom stereocenters. The van der Waals surface area contributed by atoms with Crippen LogP contribution in [-0.2, 0) is 0 Å². The maximum absolute atomic E-state index is 12.2. The number of carbonyl (C=O) groups excluding carboxylic acids is 2. The third-order valence-corrected chi connectivity index (χ3v) is 4.32. The number of amides is 2. The third-order valence-electron chi connectivity index (χ3n) is 4.32. The van der Waals surface area contributed by atoms with E-state index in [0.717, 1.165) is 25.9 Å². The van der Waals surface area contributed by atoms with E-state index in [2.05, 4.69) is 10.9 Å². The van der Waals surface area contributed by atoms with Crippen molar-refractivity contribution >= 4 is 23.2 Å². The summed E-state index contributed by atoms with van der Waals surface area (Å²) in [5, 5.41) is 21.0. The number of para-hydroxylation sites is 1. The zero-order valence-electron chi connectivity index (χ0n) is 14.3. The second kappa shape index (κ2) is 7.73. The second-order valence-corrected chi connectivity index (χ2v) is 6.08. The molecular weight excluding hydrogens is 352 g/mol. The first-order valence-electron chi connectivity index (χ1n) is 8.39. The highest BCUT2D eigenvalue weighted by Crippen LogP contribution is 2.31. The quantitative estimate of drug-likeness (QED) is 0.558. The van der Waals surface area contributed by atoms with Crippen LogP contribution in [0, 0.1) is 10.1 Å². The SMILES string of the molecule is O=C(NNC(=O)c1ccccc1O)c1ccc(N2CCCC2)c([N+](=O)[O-])c1. The molecule has 2 aromatic rings. The molecule has 3 N–H and O–H groups in total. The minimum atomic E-state index is -0.704. The number of nitrogens with zero attached hydrogens (tertiary/aromatic N) is 2. The lowest BCUT2D eigenvalue weighted by Crippen LogP contribution is -2.41. The molecule has 140 valence electrons. The average molecular weight is 370 g/mol. The number of hydrogen-bond acceptors (Lipinski definition) is 6. The van der Waals surface area contributed by atoms with E-state index in [1.165, 1.54) is 24.3 Å². The molecule has 9 heteroatoms.